The van der Waals surface area contributed by atoms with Crippen LogP contribution in [0.15, 0.2) is 47.5 Å². The van der Waals surface area contributed by atoms with Gasteiger partial charge >= 0.3 is 0 Å². The van der Waals surface area contributed by atoms with E-state index in [1.165, 1.54) is 5.56 Å². The number of aliphatic imine (C=N–C) groups is 1. The lowest BCUT2D eigenvalue weighted by Gasteiger charge is -2.34. The molecule has 0 saturated carbocycles. The topological polar surface area (TPSA) is 72.9 Å². The number of rotatable bonds is 7. The fraction of sp³-hybridized carbons (Fsp3) is 0.500. The summed E-state index contributed by atoms with van der Waals surface area (Å²) in [5.41, 5.74) is 3.40. The van der Waals surface area contributed by atoms with Crippen molar-refractivity contribution in [1.82, 2.24) is 15.6 Å². The zero-order valence-corrected chi connectivity index (χ0v) is 22.6. The number of hydrogen-bond acceptors (Lipinski definition) is 4. The lowest BCUT2D eigenvalue weighted by atomic mass is 10.1. The van der Waals surface area contributed by atoms with E-state index in [1.807, 2.05) is 36.1 Å². The zero-order valence-electron chi connectivity index (χ0n) is 20.3. The molecule has 0 atom stereocenters. The van der Waals surface area contributed by atoms with E-state index in [0.717, 1.165) is 75.0 Å². The number of fused-ring (bicyclic) bond motifs is 1. The lowest BCUT2D eigenvalue weighted by Crippen LogP contribution is -2.49. The molecule has 7 nitrogen and oxygen atoms in total. The number of pyridine rings is 1. The van der Waals surface area contributed by atoms with Gasteiger partial charge < -0.3 is 20.4 Å². The quantitative estimate of drug-likeness (QED) is 0.227. The summed E-state index contributed by atoms with van der Waals surface area (Å²) in [6.07, 6.45) is 4.33. The minimum absolute atomic E-state index is 0. The second kappa shape index (κ2) is 12.9. The number of benzene rings is 1. The molecule has 4 rings (SSSR count). The van der Waals surface area contributed by atoms with Crippen LogP contribution in [0.3, 0.4) is 0 Å². The summed E-state index contributed by atoms with van der Waals surface area (Å²) >= 11 is 0. The summed E-state index contributed by atoms with van der Waals surface area (Å²) in [6, 6.07) is 14.8. The van der Waals surface area contributed by atoms with Crippen LogP contribution < -0.4 is 20.4 Å². The second-order valence-electron chi connectivity index (χ2n) is 8.83. The van der Waals surface area contributed by atoms with E-state index < -0.39 is 0 Å². The molecule has 1 aromatic heterocycles. The highest BCUT2D eigenvalue weighted by Crippen LogP contribution is 2.28. The van der Waals surface area contributed by atoms with E-state index in [9.17, 15) is 4.79 Å². The number of aromatic nitrogens is 1. The normalized spacial score (nSPS) is 16.1. The van der Waals surface area contributed by atoms with Crippen molar-refractivity contribution >= 4 is 47.3 Å². The Morgan fingerprint density at radius 3 is 2.68 bits per heavy atom. The van der Waals surface area contributed by atoms with Gasteiger partial charge in [-0.3, -0.25) is 9.79 Å². The molecule has 2 N–H and O–H groups in total. The molecule has 2 aliphatic rings. The average molecular weight is 577 g/mol. The Morgan fingerprint density at radius 1 is 1.12 bits per heavy atom. The maximum absolute atomic E-state index is 12.7. The van der Waals surface area contributed by atoms with Crippen LogP contribution in [-0.2, 0) is 11.2 Å². The molecule has 3 heterocycles. The number of amides is 1. The molecular weight excluding hydrogens is 539 g/mol. The van der Waals surface area contributed by atoms with Crippen molar-refractivity contribution in [2.75, 3.05) is 42.5 Å². The molecule has 0 unspecified atom stereocenters. The number of aryl methyl sites for hydroxylation is 1. The van der Waals surface area contributed by atoms with Gasteiger partial charge in [0.2, 0.25) is 5.91 Å². The molecule has 0 aliphatic carbocycles. The van der Waals surface area contributed by atoms with Gasteiger partial charge in [0.25, 0.3) is 0 Å². The Kier molecular flexibility index (Phi) is 9.98. The molecule has 1 saturated heterocycles. The maximum atomic E-state index is 12.7. The molecule has 184 valence electrons. The van der Waals surface area contributed by atoms with Crippen molar-refractivity contribution in [2.45, 2.75) is 52.0 Å². The van der Waals surface area contributed by atoms with E-state index in [0.29, 0.717) is 19.0 Å². The Morgan fingerprint density at radius 2 is 1.91 bits per heavy atom. The Bertz CT molecular complexity index is 973. The monoisotopic (exact) mass is 576 g/mol. The number of guanidine groups is 1. The minimum atomic E-state index is 0. The van der Waals surface area contributed by atoms with Crippen LogP contribution in [0.1, 0.15) is 43.9 Å². The van der Waals surface area contributed by atoms with Gasteiger partial charge in [0.15, 0.2) is 5.96 Å². The molecular formula is C26H37IN6O. The van der Waals surface area contributed by atoms with Crippen molar-refractivity contribution in [3.05, 3.63) is 53.7 Å². The highest BCUT2D eigenvalue weighted by atomic mass is 127. The summed E-state index contributed by atoms with van der Waals surface area (Å²) in [4.78, 5) is 26.4. The first-order valence-electron chi connectivity index (χ1n) is 12.3. The zero-order chi connectivity index (χ0) is 23.0. The number of nitrogens with zero attached hydrogens (tertiary/aromatic N) is 4. The smallest absolute Gasteiger partial charge is 0.227 e. The molecule has 8 heteroatoms. The number of carbonyl (C=O) groups is 1. The summed E-state index contributed by atoms with van der Waals surface area (Å²) in [5.74, 6) is 2.12. The second-order valence-corrected chi connectivity index (χ2v) is 8.83. The van der Waals surface area contributed by atoms with Crippen molar-refractivity contribution in [2.24, 2.45) is 4.99 Å². The first-order valence-corrected chi connectivity index (χ1v) is 12.3. The molecule has 0 spiro atoms. The van der Waals surface area contributed by atoms with Crippen LogP contribution in [-0.4, -0.2) is 55.6 Å². The third kappa shape index (κ3) is 6.84. The van der Waals surface area contributed by atoms with Crippen molar-refractivity contribution in [1.29, 1.82) is 0 Å². The van der Waals surface area contributed by atoms with Crippen molar-refractivity contribution in [3.63, 3.8) is 0 Å². The van der Waals surface area contributed by atoms with Crippen molar-refractivity contribution in [3.8, 4) is 0 Å². The standard InChI is InChI=1S/C26H36N6O.HI/c1-3-27-26(30-22-14-17-31(18-15-22)24-11-6-8-20(2)29-24)28-16-7-12-25(33)32-19-13-21-9-4-5-10-23(21)32;/h4-6,8-11,22H,3,7,12-19H2,1-2H3,(H2,27,28,30);1H. The summed E-state index contributed by atoms with van der Waals surface area (Å²) in [5, 5.41) is 6.95. The van der Waals surface area contributed by atoms with E-state index in [-0.39, 0.29) is 29.9 Å². The Balaban J connectivity index is 0.00000324. The van der Waals surface area contributed by atoms with Gasteiger partial charge in [0.1, 0.15) is 5.82 Å². The van der Waals surface area contributed by atoms with E-state index in [4.69, 9.17) is 4.99 Å². The maximum Gasteiger partial charge on any atom is 0.227 e. The third-order valence-corrected chi connectivity index (χ3v) is 6.38. The molecule has 34 heavy (non-hydrogen) atoms. The van der Waals surface area contributed by atoms with Gasteiger partial charge in [-0.1, -0.05) is 24.3 Å². The van der Waals surface area contributed by atoms with Crippen LogP contribution in [0.2, 0.25) is 0 Å². The number of hydrogen-bond donors (Lipinski definition) is 2. The Labute approximate surface area is 220 Å². The van der Waals surface area contributed by atoms with Crippen LogP contribution in [0.5, 0.6) is 0 Å². The number of carbonyl (C=O) groups excluding carboxylic acids is 1. The van der Waals surface area contributed by atoms with Crippen LogP contribution in [0.4, 0.5) is 11.5 Å². The molecule has 0 radical (unpaired) electrons. The van der Waals surface area contributed by atoms with Gasteiger partial charge in [0.05, 0.1) is 0 Å². The number of para-hydroxylation sites is 1. The van der Waals surface area contributed by atoms with Crippen LogP contribution in [0, 0.1) is 6.92 Å². The predicted molar refractivity (Wildman–Crippen MR) is 150 cm³/mol. The first kappa shape index (κ1) is 26.2. The molecule has 1 fully saturated rings. The van der Waals surface area contributed by atoms with E-state index in [2.05, 4.69) is 45.6 Å². The fourth-order valence-corrected chi connectivity index (χ4v) is 4.62. The highest BCUT2D eigenvalue weighted by molar-refractivity contribution is 14.0. The first-order chi connectivity index (χ1) is 16.1. The molecule has 1 amide bonds. The fourth-order valence-electron chi connectivity index (χ4n) is 4.62. The number of piperidine rings is 1. The molecule has 1 aromatic carbocycles. The SMILES string of the molecule is CCNC(=NCCCC(=O)N1CCc2ccccc21)NC1CCN(c2cccc(C)n2)CC1.I. The third-order valence-electron chi connectivity index (χ3n) is 6.38. The van der Waals surface area contributed by atoms with E-state index in [1.54, 1.807) is 0 Å². The summed E-state index contributed by atoms with van der Waals surface area (Å²) < 4.78 is 0. The van der Waals surface area contributed by atoms with Gasteiger partial charge in [0, 0.05) is 56.6 Å². The van der Waals surface area contributed by atoms with E-state index >= 15 is 0 Å². The minimum Gasteiger partial charge on any atom is -0.357 e. The average Bonchev–Trinajstić information content (AvgIpc) is 3.27. The van der Waals surface area contributed by atoms with Gasteiger partial charge in [-0.2, -0.15) is 0 Å². The molecule has 2 aromatic rings. The summed E-state index contributed by atoms with van der Waals surface area (Å²) in [6.45, 7) is 8.34. The van der Waals surface area contributed by atoms with Gasteiger partial charge in [-0.05, 0) is 63.3 Å². The Hall–Kier alpha value is -2.36. The summed E-state index contributed by atoms with van der Waals surface area (Å²) in [7, 11) is 0. The highest BCUT2D eigenvalue weighted by Gasteiger charge is 2.24. The predicted octanol–water partition coefficient (Wildman–Crippen LogP) is 3.90. The molecule has 2 aliphatic heterocycles. The van der Waals surface area contributed by atoms with Gasteiger partial charge in [-0.25, -0.2) is 4.98 Å². The van der Waals surface area contributed by atoms with Crippen LogP contribution >= 0.6 is 24.0 Å². The van der Waals surface area contributed by atoms with Gasteiger partial charge in [-0.15, -0.1) is 24.0 Å². The number of nitrogens with one attached hydrogen (secondary N) is 2. The van der Waals surface area contributed by atoms with Crippen LogP contribution in [0.25, 0.3) is 0 Å². The number of anilines is 2. The largest absolute Gasteiger partial charge is 0.357 e. The molecule has 0 bridgehead atoms. The van der Waals surface area contributed by atoms with Crippen molar-refractivity contribution < 1.29 is 4.79 Å². The number of halogens is 1. The lowest BCUT2D eigenvalue weighted by molar-refractivity contribution is -0.118.